The van der Waals surface area contributed by atoms with Crippen LogP contribution in [0.25, 0.3) is 0 Å². The molecule has 0 aliphatic heterocycles. The third-order valence-electron chi connectivity index (χ3n) is 1.53. The molecule has 1 atom stereocenters. The quantitative estimate of drug-likeness (QED) is 0.714. The van der Waals surface area contributed by atoms with Crippen molar-refractivity contribution in [1.29, 1.82) is 5.26 Å². The molecule has 4 nitrogen and oxygen atoms in total. The summed E-state index contributed by atoms with van der Waals surface area (Å²) in [5, 5.41) is 20.7. The number of hydrogen-bond acceptors (Lipinski definition) is 4. The van der Waals surface area contributed by atoms with E-state index in [1.165, 1.54) is 6.20 Å². The first-order valence-electron chi connectivity index (χ1n) is 4.00. The van der Waals surface area contributed by atoms with E-state index in [1.54, 1.807) is 19.2 Å². The fraction of sp³-hybridized carbons (Fsp3) is 0.333. The van der Waals surface area contributed by atoms with Gasteiger partial charge in [0.15, 0.2) is 0 Å². The molecule has 0 aliphatic carbocycles. The minimum absolute atomic E-state index is 0.429. The predicted octanol–water partition coefficient (Wildman–Crippen LogP) is 0.746. The van der Waals surface area contributed by atoms with Crippen molar-refractivity contribution >= 4 is 5.69 Å². The fourth-order valence-corrected chi connectivity index (χ4v) is 0.895. The highest BCUT2D eigenvalue weighted by molar-refractivity contribution is 5.55. The summed E-state index contributed by atoms with van der Waals surface area (Å²) in [6.45, 7) is 2.11. The van der Waals surface area contributed by atoms with Crippen LogP contribution in [0, 0.1) is 11.3 Å². The van der Waals surface area contributed by atoms with Crippen LogP contribution >= 0.6 is 0 Å². The minimum Gasteiger partial charge on any atom is -0.392 e. The molecular formula is C9H11N3O. The van der Waals surface area contributed by atoms with Crippen LogP contribution in [0.1, 0.15) is 12.5 Å². The standard InChI is InChI=1S/C9H11N3O/c1-7(13)5-12-9-2-3-11-6-8(9)4-10/h2-3,6-7,13H,5H2,1H3,(H,11,12)/t7-/m0/s1. The van der Waals surface area contributed by atoms with E-state index >= 15 is 0 Å². The maximum absolute atomic E-state index is 9.02. The van der Waals surface area contributed by atoms with Crippen molar-refractivity contribution in [2.24, 2.45) is 0 Å². The summed E-state index contributed by atoms with van der Waals surface area (Å²) in [6, 6.07) is 3.72. The van der Waals surface area contributed by atoms with Gasteiger partial charge in [-0.25, -0.2) is 0 Å². The molecule has 68 valence electrons. The molecule has 2 N–H and O–H groups in total. The molecule has 1 aromatic heterocycles. The molecule has 0 unspecified atom stereocenters. The van der Waals surface area contributed by atoms with Gasteiger partial charge in [-0.3, -0.25) is 4.98 Å². The zero-order valence-corrected chi connectivity index (χ0v) is 7.36. The normalized spacial score (nSPS) is 11.8. The Morgan fingerprint density at radius 3 is 3.15 bits per heavy atom. The van der Waals surface area contributed by atoms with Gasteiger partial charge in [-0.05, 0) is 13.0 Å². The van der Waals surface area contributed by atoms with E-state index in [0.29, 0.717) is 17.8 Å². The van der Waals surface area contributed by atoms with Crippen molar-refractivity contribution in [2.45, 2.75) is 13.0 Å². The Balaban J connectivity index is 2.71. The van der Waals surface area contributed by atoms with Gasteiger partial charge < -0.3 is 10.4 Å². The van der Waals surface area contributed by atoms with Crippen LogP contribution in [0.2, 0.25) is 0 Å². The fourth-order valence-electron chi connectivity index (χ4n) is 0.895. The highest BCUT2D eigenvalue weighted by atomic mass is 16.3. The molecule has 0 fully saturated rings. The first-order chi connectivity index (χ1) is 6.24. The van der Waals surface area contributed by atoms with Crippen molar-refractivity contribution in [1.82, 2.24) is 4.98 Å². The molecule has 0 saturated carbocycles. The number of hydrogen-bond donors (Lipinski definition) is 2. The summed E-state index contributed by atoms with van der Waals surface area (Å²) in [5.74, 6) is 0. The third-order valence-corrected chi connectivity index (χ3v) is 1.53. The number of nitrogens with zero attached hydrogens (tertiary/aromatic N) is 2. The van der Waals surface area contributed by atoms with E-state index in [-0.39, 0.29) is 0 Å². The van der Waals surface area contributed by atoms with Crippen LogP contribution in [-0.2, 0) is 0 Å². The number of rotatable bonds is 3. The molecule has 4 heteroatoms. The Kier molecular flexibility index (Phi) is 3.23. The molecule has 0 aromatic carbocycles. The van der Waals surface area contributed by atoms with Crippen molar-refractivity contribution in [3.63, 3.8) is 0 Å². The van der Waals surface area contributed by atoms with Gasteiger partial charge in [-0.2, -0.15) is 5.26 Å². The van der Waals surface area contributed by atoms with E-state index < -0.39 is 6.10 Å². The van der Waals surface area contributed by atoms with Crippen molar-refractivity contribution in [3.05, 3.63) is 24.0 Å². The van der Waals surface area contributed by atoms with Gasteiger partial charge in [-0.1, -0.05) is 0 Å². The number of aliphatic hydroxyl groups excluding tert-OH is 1. The van der Waals surface area contributed by atoms with Gasteiger partial charge in [0, 0.05) is 18.9 Å². The van der Waals surface area contributed by atoms with Gasteiger partial charge in [0.25, 0.3) is 0 Å². The predicted molar refractivity (Wildman–Crippen MR) is 49.1 cm³/mol. The summed E-state index contributed by atoms with van der Waals surface area (Å²) in [7, 11) is 0. The van der Waals surface area contributed by atoms with Crippen LogP contribution in [0.3, 0.4) is 0 Å². The zero-order valence-electron chi connectivity index (χ0n) is 7.36. The Morgan fingerprint density at radius 2 is 2.54 bits per heavy atom. The van der Waals surface area contributed by atoms with Gasteiger partial charge in [0.1, 0.15) is 6.07 Å². The Morgan fingerprint density at radius 1 is 1.77 bits per heavy atom. The molecule has 1 rings (SSSR count). The SMILES string of the molecule is C[C@H](O)CNc1ccncc1C#N. The molecular weight excluding hydrogens is 166 g/mol. The molecule has 1 heterocycles. The number of nitriles is 1. The molecule has 0 aliphatic rings. The van der Waals surface area contributed by atoms with Crippen LogP contribution in [0.5, 0.6) is 0 Å². The summed E-state index contributed by atoms with van der Waals surface area (Å²) >= 11 is 0. The van der Waals surface area contributed by atoms with Crippen molar-refractivity contribution in [3.8, 4) is 6.07 Å². The average Bonchev–Trinajstić information content (AvgIpc) is 2.15. The largest absolute Gasteiger partial charge is 0.392 e. The van der Waals surface area contributed by atoms with Crippen LogP contribution in [0.4, 0.5) is 5.69 Å². The number of nitrogens with one attached hydrogen (secondary N) is 1. The van der Waals surface area contributed by atoms with Gasteiger partial charge in [0.05, 0.1) is 17.4 Å². The van der Waals surface area contributed by atoms with E-state index in [0.717, 1.165) is 0 Å². The lowest BCUT2D eigenvalue weighted by Gasteiger charge is -2.08. The average molecular weight is 177 g/mol. The van der Waals surface area contributed by atoms with Gasteiger partial charge in [-0.15, -0.1) is 0 Å². The van der Waals surface area contributed by atoms with Crippen LogP contribution in [-0.4, -0.2) is 22.7 Å². The molecule has 0 saturated heterocycles. The Hall–Kier alpha value is -1.60. The summed E-state index contributed by atoms with van der Waals surface area (Å²) in [6.07, 6.45) is 2.66. The Labute approximate surface area is 76.8 Å². The number of aromatic nitrogens is 1. The lowest BCUT2D eigenvalue weighted by atomic mass is 10.2. The number of anilines is 1. The molecule has 1 aromatic rings. The maximum atomic E-state index is 9.02. The molecule has 0 spiro atoms. The van der Waals surface area contributed by atoms with Crippen LogP contribution < -0.4 is 5.32 Å². The van der Waals surface area contributed by atoms with E-state index in [9.17, 15) is 0 Å². The summed E-state index contributed by atoms with van der Waals surface area (Å²) in [5.41, 5.74) is 1.20. The van der Waals surface area contributed by atoms with Crippen molar-refractivity contribution < 1.29 is 5.11 Å². The van der Waals surface area contributed by atoms with Crippen molar-refractivity contribution in [2.75, 3.05) is 11.9 Å². The van der Waals surface area contributed by atoms with E-state index in [1.807, 2.05) is 6.07 Å². The summed E-state index contributed by atoms with van der Waals surface area (Å²) < 4.78 is 0. The smallest absolute Gasteiger partial charge is 0.103 e. The lowest BCUT2D eigenvalue weighted by molar-refractivity contribution is 0.208. The van der Waals surface area contributed by atoms with E-state index in [4.69, 9.17) is 10.4 Å². The maximum Gasteiger partial charge on any atom is 0.103 e. The minimum atomic E-state index is -0.431. The highest BCUT2D eigenvalue weighted by Crippen LogP contribution is 2.11. The molecule has 0 radical (unpaired) electrons. The molecule has 13 heavy (non-hydrogen) atoms. The Bertz CT molecular complexity index is 317. The number of pyridine rings is 1. The van der Waals surface area contributed by atoms with Crippen LogP contribution in [0.15, 0.2) is 18.5 Å². The zero-order chi connectivity index (χ0) is 9.68. The highest BCUT2D eigenvalue weighted by Gasteiger charge is 2.01. The number of aliphatic hydroxyl groups is 1. The monoisotopic (exact) mass is 177 g/mol. The second-order valence-electron chi connectivity index (χ2n) is 2.76. The van der Waals surface area contributed by atoms with Gasteiger partial charge >= 0.3 is 0 Å². The first kappa shape index (κ1) is 9.49. The second-order valence-corrected chi connectivity index (χ2v) is 2.76. The van der Waals surface area contributed by atoms with E-state index in [2.05, 4.69) is 10.3 Å². The third kappa shape index (κ3) is 2.73. The lowest BCUT2D eigenvalue weighted by Crippen LogP contribution is -2.15. The summed E-state index contributed by atoms with van der Waals surface area (Å²) in [4.78, 5) is 3.82. The van der Waals surface area contributed by atoms with Gasteiger partial charge in [0.2, 0.25) is 0 Å². The topological polar surface area (TPSA) is 68.9 Å². The first-order valence-corrected chi connectivity index (χ1v) is 4.00. The second kappa shape index (κ2) is 4.43. The molecule has 0 bridgehead atoms. The molecule has 0 amide bonds.